The fraction of sp³-hybridized carbons (Fsp3) is 0.767. The minimum absolute atomic E-state index is 0.0849. The Morgan fingerprint density at radius 1 is 0.812 bits per heavy atom. The largest absolute Gasteiger partial charge is 0.331 e. The summed E-state index contributed by atoms with van der Waals surface area (Å²) in [6, 6.07) is 0.539. The molecule has 182 valence electrons. The fourth-order valence-electron chi connectivity index (χ4n) is 5.26. The molecule has 0 aliphatic heterocycles. The highest BCUT2D eigenvalue weighted by atomic mass is 15.1. The third-order valence-electron chi connectivity index (χ3n) is 7.59. The second kappa shape index (κ2) is 16.3. The molecule has 0 aromatic carbocycles. The average Bonchev–Trinajstić information content (AvgIpc) is 3.33. The number of nitrogens with zero attached hydrogens (tertiary/aromatic N) is 2. The predicted molar refractivity (Wildman–Crippen MR) is 141 cm³/mol. The average molecular weight is 441 g/mol. The monoisotopic (exact) mass is 440 g/mol. The van der Waals surface area contributed by atoms with Gasteiger partial charge in [0.05, 0.1) is 0 Å². The van der Waals surface area contributed by atoms with Crippen molar-refractivity contribution in [2.24, 2.45) is 0 Å². The lowest BCUT2D eigenvalue weighted by Gasteiger charge is -2.31. The number of rotatable bonds is 19. The van der Waals surface area contributed by atoms with Crippen LogP contribution in [0.3, 0.4) is 0 Å². The molecule has 1 heterocycles. The maximum Gasteiger partial charge on any atom is 0.119 e. The Bertz CT molecular complexity index is 641. The zero-order valence-corrected chi connectivity index (χ0v) is 21.7. The molecule has 32 heavy (non-hydrogen) atoms. The minimum Gasteiger partial charge on any atom is -0.331 e. The molecule has 2 unspecified atom stereocenters. The van der Waals surface area contributed by atoms with Crippen LogP contribution in [0.5, 0.6) is 0 Å². The lowest BCUT2D eigenvalue weighted by Crippen LogP contribution is -2.28. The molecule has 0 saturated carbocycles. The molecule has 2 nitrogen and oxygen atoms in total. The highest BCUT2D eigenvalue weighted by Gasteiger charge is 2.32. The van der Waals surface area contributed by atoms with Crippen LogP contribution in [0, 0.1) is 0 Å². The van der Waals surface area contributed by atoms with Crippen LogP contribution in [0.25, 0.3) is 0 Å². The van der Waals surface area contributed by atoms with Crippen LogP contribution in [-0.2, 0) is 5.41 Å². The topological polar surface area (TPSA) is 17.8 Å². The SMILES string of the molecule is CCCCCCCCCCCCCCCCCC(C)n1ccnc1C1(CC)C=CC=CC1. The van der Waals surface area contributed by atoms with Crippen molar-refractivity contribution in [2.45, 2.75) is 148 Å². The maximum atomic E-state index is 4.80. The van der Waals surface area contributed by atoms with Gasteiger partial charge in [0, 0.05) is 23.9 Å². The summed E-state index contributed by atoms with van der Waals surface area (Å²) < 4.78 is 2.46. The fourth-order valence-corrected chi connectivity index (χ4v) is 5.26. The van der Waals surface area contributed by atoms with Gasteiger partial charge in [-0.2, -0.15) is 0 Å². The summed E-state index contributed by atoms with van der Waals surface area (Å²) >= 11 is 0. The van der Waals surface area contributed by atoms with Crippen molar-refractivity contribution in [3.63, 3.8) is 0 Å². The molecule has 0 radical (unpaired) electrons. The van der Waals surface area contributed by atoms with Gasteiger partial charge in [-0.15, -0.1) is 0 Å². The molecule has 0 fully saturated rings. The van der Waals surface area contributed by atoms with Gasteiger partial charge in [0.2, 0.25) is 0 Å². The Hall–Kier alpha value is -1.31. The van der Waals surface area contributed by atoms with Gasteiger partial charge >= 0.3 is 0 Å². The Kier molecular flexibility index (Phi) is 13.7. The Labute approximate surface area is 200 Å². The Morgan fingerprint density at radius 3 is 1.88 bits per heavy atom. The first-order valence-corrected chi connectivity index (χ1v) is 14.1. The number of imidazole rings is 1. The first kappa shape index (κ1) is 26.9. The molecule has 1 aliphatic rings. The third kappa shape index (κ3) is 9.28. The maximum absolute atomic E-state index is 4.80. The van der Waals surface area contributed by atoms with E-state index in [0.29, 0.717) is 6.04 Å². The van der Waals surface area contributed by atoms with Crippen molar-refractivity contribution in [3.8, 4) is 0 Å². The van der Waals surface area contributed by atoms with Crippen LogP contribution in [0.1, 0.15) is 148 Å². The van der Waals surface area contributed by atoms with E-state index < -0.39 is 0 Å². The van der Waals surface area contributed by atoms with E-state index in [9.17, 15) is 0 Å². The summed E-state index contributed by atoms with van der Waals surface area (Å²) in [6.07, 6.45) is 38.1. The second-order valence-electron chi connectivity index (χ2n) is 10.2. The molecule has 1 aromatic heterocycles. The van der Waals surface area contributed by atoms with Crippen molar-refractivity contribution in [1.29, 1.82) is 0 Å². The summed E-state index contributed by atoms with van der Waals surface area (Å²) in [6.45, 7) is 6.97. The van der Waals surface area contributed by atoms with Crippen LogP contribution in [0.4, 0.5) is 0 Å². The van der Waals surface area contributed by atoms with Crippen molar-refractivity contribution in [3.05, 3.63) is 42.5 Å². The number of aromatic nitrogens is 2. The van der Waals surface area contributed by atoms with E-state index in [0.717, 1.165) is 12.8 Å². The highest BCUT2D eigenvalue weighted by Crippen LogP contribution is 2.36. The molecule has 0 amide bonds. The molecule has 1 aromatic rings. The van der Waals surface area contributed by atoms with Crippen molar-refractivity contribution in [1.82, 2.24) is 9.55 Å². The van der Waals surface area contributed by atoms with E-state index in [1.54, 1.807) is 0 Å². The van der Waals surface area contributed by atoms with Crippen LogP contribution in [-0.4, -0.2) is 9.55 Å². The molecule has 0 N–H and O–H groups in total. The Morgan fingerprint density at radius 2 is 1.38 bits per heavy atom. The van der Waals surface area contributed by atoms with Gasteiger partial charge in [-0.1, -0.05) is 134 Å². The standard InChI is InChI=1S/C30H52N2/c1-4-6-7-8-9-10-11-12-13-14-15-16-17-18-20-23-28(3)32-27-26-31-29(32)30(5-2)24-21-19-22-25-30/h19,21-22,24,26-28H,4-18,20,23,25H2,1-3H3. The number of hydrogen-bond donors (Lipinski definition) is 0. The van der Waals surface area contributed by atoms with Gasteiger partial charge in [-0.05, 0) is 26.2 Å². The molecule has 1 aliphatic carbocycles. The quantitative estimate of drug-likeness (QED) is 0.196. The summed E-state index contributed by atoms with van der Waals surface area (Å²) in [5, 5.41) is 0. The van der Waals surface area contributed by atoms with Gasteiger partial charge in [0.1, 0.15) is 5.82 Å². The zero-order chi connectivity index (χ0) is 22.9. The van der Waals surface area contributed by atoms with E-state index in [2.05, 4.69) is 55.8 Å². The van der Waals surface area contributed by atoms with Crippen molar-refractivity contribution in [2.75, 3.05) is 0 Å². The molecule has 2 heteroatoms. The van der Waals surface area contributed by atoms with Gasteiger partial charge < -0.3 is 4.57 Å². The van der Waals surface area contributed by atoms with Crippen LogP contribution in [0.15, 0.2) is 36.7 Å². The normalized spacial score (nSPS) is 19.0. The number of allylic oxidation sites excluding steroid dienone is 4. The first-order valence-electron chi connectivity index (χ1n) is 14.1. The molecule has 0 bridgehead atoms. The molecular formula is C30H52N2. The number of unbranched alkanes of at least 4 members (excludes halogenated alkanes) is 14. The third-order valence-corrected chi connectivity index (χ3v) is 7.59. The molecule has 0 saturated heterocycles. The highest BCUT2D eigenvalue weighted by molar-refractivity contribution is 5.28. The van der Waals surface area contributed by atoms with E-state index in [1.165, 1.54) is 109 Å². The van der Waals surface area contributed by atoms with Crippen LogP contribution < -0.4 is 0 Å². The summed E-state index contributed by atoms with van der Waals surface area (Å²) in [5.74, 6) is 1.26. The van der Waals surface area contributed by atoms with Crippen LogP contribution in [0.2, 0.25) is 0 Å². The van der Waals surface area contributed by atoms with Gasteiger partial charge in [-0.25, -0.2) is 4.98 Å². The lowest BCUT2D eigenvalue weighted by atomic mass is 9.78. The molecular weight excluding hydrogens is 388 g/mol. The van der Waals surface area contributed by atoms with Crippen molar-refractivity contribution >= 4 is 0 Å². The van der Waals surface area contributed by atoms with Gasteiger partial charge in [0.15, 0.2) is 0 Å². The van der Waals surface area contributed by atoms with E-state index in [1.807, 2.05) is 6.20 Å². The minimum atomic E-state index is 0.0849. The molecule has 2 rings (SSSR count). The van der Waals surface area contributed by atoms with Gasteiger partial charge in [-0.3, -0.25) is 0 Å². The van der Waals surface area contributed by atoms with Crippen LogP contribution >= 0.6 is 0 Å². The summed E-state index contributed by atoms with van der Waals surface area (Å²) in [4.78, 5) is 4.80. The number of hydrogen-bond acceptors (Lipinski definition) is 1. The summed E-state index contributed by atoms with van der Waals surface area (Å²) in [7, 11) is 0. The van der Waals surface area contributed by atoms with E-state index in [4.69, 9.17) is 4.98 Å². The zero-order valence-electron chi connectivity index (χ0n) is 21.7. The van der Waals surface area contributed by atoms with E-state index in [-0.39, 0.29) is 5.41 Å². The summed E-state index contributed by atoms with van der Waals surface area (Å²) in [5.41, 5.74) is 0.0849. The molecule has 2 atom stereocenters. The lowest BCUT2D eigenvalue weighted by molar-refractivity contribution is 0.400. The second-order valence-corrected chi connectivity index (χ2v) is 10.2. The predicted octanol–water partition coefficient (Wildman–Crippen LogP) is 9.87. The molecule has 0 spiro atoms. The van der Waals surface area contributed by atoms with Crippen molar-refractivity contribution < 1.29 is 0 Å². The first-order chi connectivity index (χ1) is 15.7. The van der Waals surface area contributed by atoms with E-state index >= 15 is 0 Å². The van der Waals surface area contributed by atoms with Gasteiger partial charge in [0.25, 0.3) is 0 Å². The smallest absolute Gasteiger partial charge is 0.119 e. The Balaban J connectivity index is 1.51.